The lowest BCUT2D eigenvalue weighted by molar-refractivity contribution is 0.297. The van der Waals surface area contributed by atoms with Gasteiger partial charge in [0.15, 0.2) is 0 Å². The van der Waals surface area contributed by atoms with Gasteiger partial charge in [-0.2, -0.15) is 0 Å². The van der Waals surface area contributed by atoms with Crippen molar-refractivity contribution in [3.8, 4) is 0 Å². The third-order valence-electron chi connectivity index (χ3n) is 7.99. The van der Waals surface area contributed by atoms with Crippen molar-refractivity contribution >= 4 is 0 Å². The van der Waals surface area contributed by atoms with E-state index in [1.807, 2.05) is 19.1 Å². The Bertz CT molecular complexity index is 1060. The highest BCUT2D eigenvalue weighted by Crippen LogP contribution is 2.39. The van der Waals surface area contributed by atoms with E-state index in [4.69, 9.17) is 0 Å². The van der Waals surface area contributed by atoms with Crippen LogP contribution < -0.4 is 0 Å². The van der Waals surface area contributed by atoms with Gasteiger partial charge in [0.2, 0.25) is 0 Å². The number of hydrogen-bond donors (Lipinski definition) is 0. The van der Waals surface area contributed by atoms with Gasteiger partial charge in [-0.05, 0) is 116 Å². The summed E-state index contributed by atoms with van der Waals surface area (Å²) in [6, 6.07) is 26.0. The Labute approximate surface area is 212 Å². The van der Waals surface area contributed by atoms with Gasteiger partial charge in [-0.1, -0.05) is 85.8 Å². The Hall–Kier alpha value is -2.67. The third-order valence-corrected chi connectivity index (χ3v) is 7.99. The Kier molecular flexibility index (Phi) is 9.35. The summed E-state index contributed by atoms with van der Waals surface area (Å²) in [7, 11) is 0. The summed E-state index contributed by atoms with van der Waals surface area (Å²) in [5.74, 6) is 2.16. The van der Waals surface area contributed by atoms with Crippen molar-refractivity contribution in [1.82, 2.24) is 0 Å². The fourth-order valence-corrected chi connectivity index (χ4v) is 5.75. The van der Waals surface area contributed by atoms with E-state index >= 15 is 0 Å². The zero-order valence-electron chi connectivity index (χ0n) is 21.6. The van der Waals surface area contributed by atoms with E-state index in [2.05, 4.69) is 73.7 Å². The topological polar surface area (TPSA) is 0 Å². The zero-order chi connectivity index (χ0) is 24.5. The summed E-state index contributed by atoms with van der Waals surface area (Å²) in [5, 5.41) is 0. The molecule has 184 valence electrons. The minimum Gasteiger partial charge on any atom is -0.207 e. The first-order chi connectivity index (χ1) is 17.1. The first-order valence-corrected chi connectivity index (χ1v) is 13.6. The number of aryl methyl sites for hydroxylation is 3. The highest BCUT2D eigenvalue weighted by molar-refractivity contribution is 5.29. The maximum absolute atomic E-state index is 14.4. The molecule has 3 aromatic carbocycles. The summed E-state index contributed by atoms with van der Waals surface area (Å²) in [6.45, 7) is 4.39. The third kappa shape index (κ3) is 7.40. The van der Waals surface area contributed by atoms with Crippen LogP contribution in [-0.4, -0.2) is 0 Å². The number of rotatable bonds is 10. The number of allylic oxidation sites excluding steroid dienone is 2. The van der Waals surface area contributed by atoms with Gasteiger partial charge in [0.25, 0.3) is 0 Å². The van der Waals surface area contributed by atoms with E-state index in [0.29, 0.717) is 11.8 Å². The Morgan fingerprint density at radius 2 is 1.51 bits per heavy atom. The zero-order valence-corrected chi connectivity index (χ0v) is 21.6. The van der Waals surface area contributed by atoms with E-state index in [1.165, 1.54) is 48.8 Å². The number of hydrogen-bond acceptors (Lipinski definition) is 0. The highest BCUT2D eigenvalue weighted by atomic mass is 19.1. The molecule has 0 saturated heterocycles. The van der Waals surface area contributed by atoms with Crippen LogP contribution in [0.4, 0.5) is 4.39 Å². The molecule has 0 aliphatic heterocycles. The van der Waals surface area contributed by atoms with Crippen molar-refractivity contribution in [2.75, 3.05) is 0 Å². The largest absolute Gasteiger partial charge is 0.207 e. The van der Waals surface area contributed by atoms with Crippen LogP contribution in [-0.2, 0) is 19.3 Å². The van der Waals surface area contributed by atoms with Crippen LogP contribution in [0.5, 0.6) is 0 Å². The molecular weight excluding hydrogens is 427 g/mol. The molecule has 0 bridgehead atoms. The van der Waals surface area contributed by atoms with Crippen LogP contribution in [0.1, 0.15) is 92.0 Å². The molecule has 1 heteroatoms. The first kappa shape index (κ1) is 25.4. The predicted molar refractivity (Wildman–Crippen MR) is 148 cm³/mol. The van der Waals surface area contributed by atoms with Gasteiger partial charge in [-0.25, -0.2) is 4.39 Å². The highest BCUT2D eigenvalue weighted by Gasteiger charge is 2.24. The van der Waals surface area contributed by atoms with Gasteiger partial charge >= 0.3 is 0 Å². The Morgan fingerprint density at radius 1 is 0.829 bits per heavy atom. The van der Waals surface area contributed by atoms with E-state index in [1.54, 1.807) is 6.07 Å². The fraction of sp³-hybridized carbons (Fsp3) is 0.412. The number of halogens is 1. The minimum atomic E-state index is -0.0592. The molecule has 0 N–H and O–H groups in total. The molecule has 3 aromatic rings. The predicted octanol–water partition coefficient (Wildman–Crippen LogP) is 9.59. The molecule has 0 heterocycles. The number of benzene rings is 3. The summed E-state index contributed by atoms with van der Waals surface area (Å²) in [6.07, 6.45) is 14.3. The standard InChI is InChI=1S/C34H41F/c1-3-4-6-11-33-23-18-29(25-34(33)35)13-12-27-14-19-31(20-15-27)32-21-16-28(17-22-32)24-26(2)30-9-7-5-8-10-30/h3-5,7-10,14-15,18-20,23,25-26,28,32H,6,11-13,16-17,21-22,24H2,1-2H3/t26-,28?,32?/m0/s1. The smallest absolute Gasteiger partial charge is 0.126 e. The van der Waals surface area contributed by atoms with Crippen LogP contribution in [0, 0.1) is 11.7 Å². The second kappa shape index (κ2) is 12.9. The summed E-state index contributed by atoms with van der Waals surface area (Å²) < 4.78 is 14.4. The molecule has 1 saturated carbocycles. The summed E-state index contributed by atoms with van der Waals surface area (Å²) in [5.41, 5.74) is 6.23. The SMILES string of the molecule is CC=CCCc1ccc(CCc2ccc(C3CCC(C[C@H](C)c4ccccc4)CC3)cc2)cc1F. The second-order valence-electron chi connectivity index (χ2n) is 10.5. The van der Waals surface area contributed by atoms with Crippen LogP contribution >= 0.6 is 0 Å². The monoisotopic (exact) mass is 468 g/mol. The molecule has 0 spiro atoms. The molecule has 0 nitrogen and oxygen atoms in total. The minimum absolute atomic E-state index is 0.0592. The van der Waals surface area contributed by atoms with E-state index in [9.17, 15) is 4.39 Å². The van der Waals surface area contributed by atoms with Gasteiger partial charge < -0.3 is 0 Å². The molecule has 1 atom stereocenters. The first-order valence-electron chi connectivity index (χ1n) is 13.6. The van der Waals surface area contributed by atoms with Crippen LogP contribution in [0.25, 0.3) is 0 Å². The quantitative estimate of drug-likeness (QED) is 0.260. The fourth-order valence-electron chi connectivity index (χ4n) is 5.75. The van der Waals surface area contributed by atoms with Gasteiger partial charge in [-0.15, -0.1) is 0 Å². The second-order valence-corrected chi connectivity index (χ2v) is 10.5. The lowest BCUT2D eigenvalue weighted by atomic mass is 9.75. The van der Waals surface area contributed by atoms with Crippen molar-refractivity contribution < 1.29 is 4.39 Å². The molecule has 0 aromatic heterocycles. The summed E-state index contributed by atoms with van der Waals surface area (Å²) in [4.78, 5) is 0. The average Bonchev–Trinajstić information content (AvgIpc) is 2.90. The van der Waals surface area contributed by atoms with Crippen molar-refractivity contribution in [3.05, 3.63) is 119 Å². The van der Waals surface area contributed by atoms with Crippen LogP contribution in [0.15, 0.2) is 84.9 Å². The summed E-state index contributed by atoms with van der Waals surface area (Å²) >= 11 is 0. The van der Waals surface area contributed by atoms with E-state index in [-0.39, 0.29) is 5.82 Å². The maximum Gasteiger partial charge on any atom is 0.126 e. The molecule has 1 aliphatic rings. The normalized spacial score (nSPS) is 19.2. The van der Waals surface area contributed by atoms with Gasteiger partial charge in [0, 0.05) is 0 Å². The van der Waals surface area contributed by atoms with Crippen molar-refractivity contribution in [2.45, 2.75) is 83.5 Å². The maximum atomic E-state index is 14.4. The molecule has 35 heavy (non-hydrogen) atoms. The lowest BCUT2D eigenvalue weighted by Gasteiger charge is -2.30. The molecule has 0 unspecified atom stereocenters. The lowest BCUT2D eigenvalue weighted by Crippen LogP contribution is -2.15. The Morgan fingerprint density at radius 3 is 2.20 bits per heavy atom. The Balaban J connectivity index is 1.23. The molecule has 0 radical (unpaired) electrons. The molecular formula is C34H41F. The molecule has 4 rings (SSSR count). The van der Waals surface area contributed by atoms with Gasteiger partial charge in [0.05, 0.1) is 0 Å². The van der Waals surface area contributed by atoms with Crippen molar-refractivity contribution in [2.24, 2.45) is 5.92 Å². The van der Waals surface area contributed by atoms with Crippen LogP contribution in [0.2, 0.25) is 0 Å². The molecule has 0 amide bonds. The van der Waals surface area contributed by atoms with Crippen LogP contribution in [0.3, 0.4) is 0 Å². The van der Waals surface area contributed by atoms with E-state index in [0.717, 1.165) is 42.7 Å². The van der Waals surface area contributed by atoms with Crippen molar-refractivity contribution in [3.63, 3.8) is 0 Å². The molecule has 1 aliphatic carbocycles. The van der Waals surface area contributed by atoms with Gasteiger partial charge in [-0.3, -0.25) is 0 Å². The van der Waals surface area contributed by atoms with Crippen molar-refractivity contribution in [1.29, 1.82) is 0 Å². The van der Waals surface area contributed by atoms with Gasteiger partial charge in [0.1, 0.15) is 5.82 Å². The van der Waals surface area contributed by atoms with E-state index < -0.39 is 0 Å². The molecule has 1 fully saturated rings. The average molecular weight is 469 g/mol.